The number of aliphatic hydroxyl groups excluding tert-OH is 1. The lowest BCUT2D eigenvalue weighted by Gasteiger charge is -1.93. The van der Waals surface area contributed by atoms with Crippen molar-refractivity contribution in [2.75, 3.05) is 7.05 Å². The van der Waals surface area contributed by atoms with Gasteiger partial charge in [0.2, 0.25) is 0 Å². The maximum atomic E-state index is 9.42. The Bertz CT molecular complexity index is 46.1. The highest BCUT2D eigenvalue weighted by Gasteiger charge is 1.88. The zero-order valence-corrected chi connectivity index (χ0v) is 3.51. The van der Waals surface area contributed by atoms with Crippen molar-refractivity contribution in [3.05, 3.63) is 0 Å². The number of rotatable bonds is 2. The Balaban J connectivity index is 2.96. The summed E-state index contributed by atoms with van der Waals surface area (Å²) >= 11 is 0. The predicted molar refractivity (Wildman–Crippen MR) is 21.1 cm³/mol. The Hall–Kier alpha value is -0.410. The molecule has 0 saturated heterocycles. The van der Waals surface area contributed by atoms with Crippen LogP contribution in [0.2, 0.25) is 0 Å². The van der Waals surface area contributed by atoms with E-state index >= 15 is 0 Å². The molecule has 0 aliphatic rings. The van der Waals surface area contributed by atoms with E-state index in [9.17, 15) is 4.79 Å². The lowest BCUT2D eigenvalue weighted by molar-refractivity contribution is -0.115. The quantitative estimate of drug-likeness (QED) is 0.327. The van der Waals surface area contributed by atoms with Crippen molar-refractivity contribution in [2.24, 2.45) is 0 Å². The number of hydrogen-bond donors (Lipinski definition) is 2. The summed E-state index contributed by atoms with van der Waals surface area (Å²) in [6.07, 6.45) is -0.579. The first-order valence-electron chi connectivity index (χ1n) is 1.62. The first kappa shape index (κ1) is 5.59. The standard InChI is InChI=1S/C3H7NO2/c1-4-3(6)2-5/h2-4,6H,1H3. The Morgan fingerprint density at radius 3 is 2.50 bits per heavy atom. The number of aldehydes is 1. The van der Waals surface area contributed by atoms with Gasteiger partial charge in [-0.05, 0) is 7.05 Å². The van der Waals surface area contributed by atoms with Crippen LogP contribution in [0, 0.1) is 0 Å². The predicted octanol–water partition coefficient (Wildman–Crippen LogP) is -1.28. The molecule has 0 spiro atoms. The van der Waals surface area contributed by atoms with Crippen molar-refractivity contribution in [3.63, 3.8) is 0 Å². The van der Waals surface area contributed by atoms with E-state index in [1.807, 2.05) is 0 Å². The summed E-state index contributed by atoms with van der Waals surface area (Å²) < 4.78 is 0. The average Bonchev–Trinajstić information content (AvgIpc) is 1.65. The van der Waals surface area contributed by atoms with Crippen LogP contribution in [-0.2, 0) is 4.79 Å². The third-order valence-electron chi connectivity index (χ3n) is 0.425. The van der Waals surface area contributed by atoms with Crippen LogP contribution in [0.15, 0.2) is 0 Å². The topological polar surface area (TPSA) is 49.3 Å². The summed E-state index contributed by atoms with van der Waals surface area (Å²) in [6.45, 7) is 0. The third-order valence-corrected chi connectivity index (χ3v) is 0.425. The molecule has 0 saturated carbocycles. The molecule has 0 aromatic rings. The van der Waals surface area contributed by atoms with Gasteiger partial charge in [-0.1, -0.05) is 0 Å². The third kappa shape index (κ3) is 1.87. The van der Waals surface area contributed by atoms with Crippen LogP contribution in [0.1, 0.15) is 0 Å². The SMILES string of the molecule is CNC(O)C=O. The highest BCUT2D eigenvalue weighted by molar-refractivity contribution is 5.54. The van der Waals surface area contributed by atoms with Gasteiger partial charge in [-0.3, -0.25) is 10.1 Å². The van der Waals surface area contributed by atoms with Crippen LogP contribution in [0.25, 0.3) is 0 Å². The molecular weight excluding hydrogens is 82.0 g/mol. The minimum absolute atomic E-state index is 0.417. The molecule has 0 rings (SSSR count). The van der Waals surface area contributed by atoms with E-state index in [0.29, 0.717) is 6.29 Å². The number of nitrogens with one attached hydrogen (secondary N) is 1. The van der Waals surface area contributed by atoms with Crippen molar-refractivity contribution >= 4 is 6.29 Å². The number of hydrogen-bond acceptors (Lipinski definition) is 3. The van der Waals surface area contributed by atoms with Gasteiger partial charge in [-0.2, -0.15) is 0 Å². The highest BCUT2D eigenvalue weighted by Crippen LogP contribution is 1.57. The molecule has 0 amide bonds. The first-order valence-corrected chi connectivity index (χ1v) is 1.62. The molecule has 3 nitrogen and oxygen atoms in total. The second-order valence-electron chi connectivity index (χ2n) is 0.870. The fraction of sp³-hybridized carbons (Fsp3) is 0.667. The number of aliphatic hydroxyl groups is 1. The monoisotopic (exact) mass is 89.0 g/mol. The Morgan fingerprint density at radius 2 is 2.50 bits per heavy atom. The molecule has 0 radical (unpaired) electrons. The van der Waals surface area contributed by atoms with E-state index in [0.717, 1.165) is 0 Å². The van der Waals surface area contributed by atoms with Gasteiger partial charge < -0.3 is 5.11 Å². The molecule has 2 N–H and O–H groups in total. The molecule has 0 fully saturated rings. The van der Waals surface area contributed by atoms with Gasteiger partial charge in [0.05, 0.1) is 0 Å². The lowest BCUT2D eigenvalue weighted by Crippen LogP contribution is -2.25. The fourth-order valence-electron chi connectivity index (χ4n) is 0.0680. The summed E-state index contributed by atoms with van der Waals surface area (Å²) in [5, 5.41) is 10.5. The minimum Gasteiger partial charge on any atom is -0.372 e. The molecule has 0 aliphatic heterocycles. The second-order valence-corrected chi connectivity index (χ2v) is 0.870. The van der Waals surface area contributed by atoms with E-state index in [1.54, 1.807) is 0 Å². The Labute approximate surface area is 36.0 Å². The molecule has 0 aliphatic carbocycles. The van der Waals surface area contributed by atoms with E-state index in [4.69, 9.17) is 5.11 Å². The first-order chi connectivity index (χ1) is 2.81. The summed E-state index contributed by atoms with van der Waals surface area (Å²) in [7, 11) is 1.50. The molecule has 1 atom stereocenters. The maximum Gasteiger partial charge on any atom is 0.163 e. The molecule has 36 valence electrons. The van der Waals surface area contributed by atoms with Crippen LogP contribution in [-0.4, -0.2) is 24.7 Å². The molecule has 6 heavy (non-hydrogen) atoms. The normalized spacial score (nSPS) is 13.7. The summed E-state index contributed by atoms with van der Waals surface area (Å²) in [5.41, 5.74) is 0. The van der Waals surface area contributed by atoms with Gasteiger partial charge in [-0.25, -0.2) is 0 Å². The van der Waals surface area contributed by atoms with Gasteiger partial charge in [0.25, 0.3) is 0 Å². The van der Waals surface area contributed by atoms with Crippen LogP contribution in [0.3, 0.4) is 0 Å². The number of carbonyl (C=O) groups excluding carboxylic acids is 1. The zero-order valence-electron chi connectivity index (χ0n) is 3.51. The molecule has 0 bridgehead atoms. The van der Waals surface area contributed by atoms with Crippen LogP contribution < -0.4 is 5.32 Å². The maximum absolute atomic E-state index is 9.42. The number of carbonyl (C=O) groups is 1. The van der Waals surface area contributed by atoms with E-state index in [1.165, 1.54) is 7.05 Å². The molecule has 0 aromatic carbocycles. The fourth-order valence-corrected chi connectivity index (χ4v) is 0.0680. The molecule has 0 heterocycles. The van der Waals surface area contributed by atoms with Crippen molar-refractivity contribution in [1.82, 2.24) is 5.32 Å². The Morgan fingerprint density at radius 1 is 2.00 bits per heavy atom. The smallest absolute Gasteiger partial charge is 0.163 e. The largest absolute Gasteiger partial charge is 0.372 e. The number of likely N-dealkylation sites (N-methyl/N-ethyl adjacent to an activating group) is 1. The van der Waals surface area contributed by atoms with Crippen molar-refractivity contribution < 1.29 is 9.90 Å². The molecule has 0 aromatic heterocycles. The molecule has 1 unspecified atom stereocenters. The van der Waals surface area contributed by atoms with E-state index in [2.05, 4.69) is 5.32 Å². The van der Waals surface area contributed by atoms with Crippen molar-refractivity contribution in [1.29, 1.82) is 0 Å². The molecular formula is C3H7NO2. The van der Waals surface area contributed by atoms with Crippen molar-refractivity contribution in [3.8, 4) is 0 Å². The second kappa shape index (κ2) is 2.81. The van der Waals surface area contributed by atoms with E-state index in [-0.39, 0.29) is 0 Å². The van der Waals surface area contributed by atoms with Crippen LogP contribution >= 0.6 is 0 Å². The van der Waals surface area contributed by atoms with Gasteiger partial charge in [0.1, 0.15) is 0 Å². The summed E-state index contributed by atoms with van der Waals surface area (Å²) in [5.74, 6) is 0. The Kier molecular flexibility index (Phi) is 2.62. The average molecular weight is 89.1 g/mol. The molecule has 3 heteroatoms. The van der Waals surface area contributed by atoms with Gasteiger partial charge in [0, 0.05) is 0 Å². The minimum atomic E-state index is -0.995. The van der Waals surface area contributed by atoms with Crippen LogP contribution in [0.4, 0.5) is 0 Å². The highest BCUT2D eigenvalue weighted by atomic mass is 16.3. The summed E-state index contributed by atoms with van der Waals surface area (Å²) in [4.78, 5) is 9.42. The zero-order chi connectivity index (χ0) is 4.99. The van der Waals surface area contributed by atoms with Crippen molar-refractivity contribution in [2.45, 2.75) is 6.23 Å². The summed E-state index contributed by atoms with van der Waals surface area (Å²) in [6, 6.07) is 0. The van der Waals surface area contributed by atoms with Gasteiger partial charge in [-0.15, -0.1) is 0 Å². The van der Waals surface area contributed by atoms with Gasteiger partial charge >= 0.3 is 0 Å². The van der Waals surface area contributed by atoms with Crippen LogP contribution in [0.5, 0.6) is 0 Å². The van der Waals surface area contributed by atoms with E-state index < -0.39 is 6.23 Å². The van der Waals surface area contributed by atoms with Gasteiger partial charge in [0.15, 0.2) is 12.5 Å². The lowest BCUT2D eigenvalue weighted by atomic mass is 10.7.